The van der Waals surface area contributed by atoms with Crippen LogP contribution in [0.3, 0.4) is 0 Å². The standard InChI is InChI=1S/C11H4F17NO/c1-3(12)4(13,14)5(15,16)6(17,18)7(19,20)8(21,22)9(23,24)10(25,26)11(27,28)29-2-30/h3H,1H3. The molecule has 0 heterocycles. The number of hydrogen-bond acceptors (Lipinski definition) is 2. The van der Waals surface area contributed by atoms with Crippen molar-refractivity contribution in [3.8, 4) is 0 Å². The fourth-order valence-electron chi connectivity index (χ4n) is 1.56. The quantitative estimate of drug-likeness (QED) is 0.176. The monoisotopic (exact) mass is 489 g/mol. The van der Waals surface area contributed by atoms with Gasteiger partial charge in [0, 0.05) is 0 Å². The molecule has 0 radical (unpaired) electrons. The third-order valence-electron chi connectivity index (χ3n) is 3.45. The summed E-state index contributed by atoms with van der Waals surface area (Å²) >= 11 is 0. The fourth-order valence-corrected chi connectivity index (χ4v) is 1.56. The highest BCUT2D eigenvalue weighted by molar-refractivity contribution is 5.34. The maximum atomic E-state index is 13.3. The van der Waals surface area contributed by atoms with Gasteiger partial charge in [0.25, 0.3) is 0 Å². The maximum Gasteiger partial charge on any atom is 0.421 e. The first-order chi connectivity index (χ1) is 12.8. The number of carbonyl (C=O) groups excluding carboxylic acids is 1. The van der Waals surface area contributed by atoms with Gasteiger partial charge in [-0.05, 0) is 6.92 Å². The van der Waals surface area contributed by atoms with Gasteiger partial charge in [-0.2, -0.15) is 70.2 Å². The second kappa shape index (κ2) is 7.12. The Hall–Kier alpha value is -1.81. The van der Waals surface area contributed by atoms with Gasteiger partial charge in [-0.15, -0.1) is 4.99 Å². The minimum atomic E-state index is -8.64. The first-order valence-corrected chi connectivity index (χ1v) is 6.51. The number of aliphatic imine (C=N–C) groups is 1. The molecule has 0 spiro atoms. The molecule has 2 nitrogen and oxygen atoms in total. The molecule has 30 heavy (non-hydrogen) atoms. The minimum Gasteiger partial charge on any atom is -0.241 e. The lowest BCUT2D eigenvalue weighted by Crippen LogP contribution is -2.75. The van der Waals surface area contributed by atoms with Crippen LogP contribution < -0.4 is 0 Å². The molecule has 0 saturated heterocycles. The third-order valence-corrected chi connectivity index (χ3v) is 3.45. The summed E-state index contributed by atoms with van der Waals surface area (Å²) in [5, 5.41) is 0. The highest BCUT2D eigenvalue weighted by atomic mass is 19.4. The van der Waals surface area contributed by atoms with Crippen molar-refractivity contribution in [1.82, 2.24) is 0 Å². The van der Waals surface area contributed by atoms with E-state index in [1.165, 1.54) is 0 Å². The lowest BCUT2D eigenvalue weighted by atomic mass is 9.88. The van der Waals surface area contributed by atoms with Crippen LogP contribution in [0.2, 0.25) is 0 Å². The molecule has 0 bridgehead atoms. The van der Waals surface area contributed by atoms with Crippen LogP contribution in [0.25, 0.3) is 0 Å². The maximum absolute atomic E-state index is 13.3. The van der Waals surface area contributed by atoms with Gasteiger partial charge < -0.3 is 0 Å². The molecule has 0 amide bonds. The molecule has 0 rings (SSSR count). The average Bonchev–Trinajstić information content (AvgIpc) is 2.53. The van der Waals surface area contributed by atoms with E-state index in [9.17, 15) is 79.4 Å². The Bertz CT molecular complexity index is 690. The zero-order valence-electron chi connectivity index (χ0n) is 13.4. The van der Waals surface area contributed by atoms with Crippen LogP contribution in [0.4, 0.5) is 74.6 Å². The molecule has 1 unspecified atom stereocenters. The van der Waals surface area contributed by atoms with Gasteiger partial charge >= 0.3 is 47.5 Å². The van der Waals surface area contributed by atoms with Crippen LogP contribution in [0.5, 0.6) is 0 Å². The van der Waals surface area contributed by atoms with Crippen molar-refractivity contribution in [1.29, 1.82) is 0 Å². The average molecular weight is 489 g/mol. The molecule has 19 heteroatoms. The summed E-state index contributed by atoms with van der Waals surface area (Å²) in [7, 11) is 0. The van der Waals surface area contributed by atoms with E-state index in [-0.39, 0.29) is 0 Å². The summed E-state index contributed by atoms with van der Waals surface area (Å²) in [5.41, 5.74) is 0. The number of isocyanates is 1. The molecule has 0 aliphatic heterocycles. The van der Waals surface area contributed by atoms with Gasteiger partial charge in [0.2, 0.25) is 6.08 Å². The summed E-state index contributed by atoms with van der Waals surface area (Å²) < 4.78 is 222. The van der Waals surface area contributed by atoms with E-state index in [1.54, 1.807) is 0 Å². The Balaban J connectivity index is 6.85. The predicted octanol–water partition coefficient (Wildman–Crippen LogP) is 5.72. The van der Waals surface area contributed by atoms with Gasteiger partial charge in [0.1, 0.15) is 0 Å². The summed E-state index contributed by atoms with van der Waals surface area (Å²) in [4.78, 5) is 10.1. The van der Waals surface area contributed by atoms with Crippen LogP contribution in [0.1, 0.15) is 6.92 Å². The Labute approximate surface area is 152 Å². The summed E-state index contributed by atoms with van der Waals surface area (Å²) in [6, 6.07) is -7.05. The van der Waals surface area contributed by atoms with Crippen molar-refractivity contribution in [2.75, 3.05) is 0 Å². The van der Waals surface area contributed by atoms with E-state index >= 15 is 0 Å². The van der Waals surface area contributed by atoms with Crippen molar-refractivity contribution in [2.24, 2.45) is 4.99 Å². The predicted molar refractivity (Wildman–Crippen MR) is 58.3 cm³/mol. The lowest BCUT2D eigenvalue weighted by molar-refractivity contribution is -0.454. The van der Waals surface area contributed by atoms with Crippen LogP contribution >= 0.6 is 0 Å². The van der Waals surface area contributed by atoms with Gasteiger partial charge in [0.05, 0.1) is 0 Å². The molecular formula is C11H4F17NO. The fraction of sp³-hybridized carbons (Fsp3) is 0.909. The molecule has 0 aromatic rings. The van der Waals surface area contributed by atoms with Crippen molar-refractivity contribution < 1.29 is 79.4 Å². The van der Waals surface area contributed by atoms with E-state index in [0.717, 1.165) is 0 Å². The Morgan fingerprint density at radius 3 is 1.10 bits per heavy atom. The Morgan fingerprint density at radius 2 is 0.833 bits per heavy atom. The van der Waals surface area contributed by atoms with Crippen LogP contribution in [0.15, 0.2) is 4.99 Å². The molecule has 0 saturated carbocycles. The summed E-state index contributed by atoms with van der Waals surface area (Å²) in [6.45, 7) is -0.680. The molecule has 0 aromatic carbocycles. The van der Waals surface area contributed by atoms with Crippen LogP contribution in [-0.4, -0.2) is 59.8 Å². The van der Waals surface area contributed by atoms with E-state index in [2.05, 4.69) is 0 Å². The highest BCUT2D eigenvalue weighted by Crippen LogP contribution is 2.64. The molecular weight excluding hydrogens is 485 g/mol. The zero-order chi connectivity index (χ0) is 25.0. The second-order valence-electron chi connectivity index (χ2n) is 5.43. The van der Waals surface area contributed by atoms with Crippen molar-refractivity contribution in [2.45, 2.75) is 60.6 Å². The number of rotatable bonds is 9. The van der Waals surface area contributed by atoms with E-state index in [0.29, 0.717) is 4.99 Å². The van der Waals surface area contributed by atoms with Crippen molar-refractivity contribution >= 4 is 6.08 Å². The highest BCUT2D eigenvalue weighted by Gasteiger charge is 2.95. The van der Waals surface area contributed by atoms with E-state index in [4.69, 9.17) is 0 Å². The van der Waals surface area contributed by atoms with E-state index in [1.807, 2.05) is 0 Å². The van der Waals surface area contributed by atoms with Gasteiger partial charge in [-0.1, -0.05) is 0 Å². The smallest absolute Gasteiger partial charge is 0.241 e. The summed E-state index contributed by atoms with van der Waals surface area (Å²) in [6.07, 6.45) is -5.08. The van der Waals surface area contributed by atoms with Crippen molar-refractivity contribution in [3.63, 3.8) is 0 Å². The number of hydrogen-bond donors (Lipinski definition) is 0. The number of nitrogens with zero attached hydrogens (tertiary/aromatic N) is 1. The largest absolute Gasteiger partial charge is 0.421 e. The lowest BCUT2D eigenvalue weighted by Gasteiger charge is -2.43. The molecule has 0 N–H and O–H groups in total. The zero-order valence-corrected chi connectivity index (χ0v) is 13.4. The van der Waals surface area contributed by atoms with Crippen LogP contribution in [0, 0.1) is 0 Å². The third kappa shape index (κ3) is 3.28. The number of halogens is 17. The Morgan fingerprint density at radius 1 is 0.567 bits per heavy atom. The second-order valence-corrected chi connectivity index (χ2v) is 5.43. The number of alkyl halides is 17. The molecule has 178 valence electrons. The topological polar surface area (TPSA) is 29.4 Å². The normalized spacial score (nSPS) is 16.9. The molecule has 0 aliphatic rings. The molecule has 1 atom stereocenters. The van der Waals surface area contributed by atoms with Crippen LogP contribution in [-0.2, 0) is 4.79 Å². The SMILES string of the molecule is CC(F)C(F)(F)C(F)(F)C(F)(F)C(F)(F)C(F)(F)C(F)(F)C(F)(F)C(F)(F)N=C=O. The van der Waals surface area contributed by atoms with E-state index < -0.39 is 66.7 Å². The first-order valence-electron chi connectivity index (χ1n) is 6.51. The van der Waals surface area contributed by atoms with Gasteiger partial charge in [-0.25, -0.2) is 9.18 Å². The minimum absolute atomic E-state index is 0.567. The molecule has 0 aromatic heterocycles. The molecule has 0 fully saturated rings. The summed E-state index contributed by atoms with van der Waals surface area (Å²) in [5.74, 6) is -57.1. The van der Waals surface area contributed by atoms with Crippen molar-refractivity contribution in [3.05, 3.63) is 0 Å². The molecule has 0 aliphatic carbocycles. The Kier molecular flexibility index (Phi) is 6.69. The van der Waals surface area contributed by atoms with Gasteiger partial charge in [-0.3, -0.25) is 0 Å². The van der Waals surface area contributed by atoms with Gasteiger partial charge in [0.15, 0.2) is 6.17 Å². The first kappa shape index (κ1) is 28.2.